The Balaban J connectivity index is 0. The van der Waals surface area contributed by atoms with Crippen LogP contribution in [0.2, 0.25) is 0 Å². The number of hydrogen-bond donors (Lipinski definition) is 0. The molecule has 0 bridgehead atoms. The summed E-state index contributed by atoms with van der Waals surface area (Å²) in [5, 5.41) is 0. The van der Waals surface area contributed by atoms with Crippen molar-refractivity contribution in [3.05, 3.63) is 0 Å². The van der Waals surface area contributed by atoms with Crippen LogP contribution in [0.15, 0.2) is 0 Å². The first-order chi connectivity index (χ1) is 3.81. The van der Waals surface area contributed by atoms with E-state index in [1.807, 2.05) is 6.92 Å². The van der Waals surface area contributed by atoms with E-state index in [2.05, 4.69) is 0 Å². The number of esters is 1. The van der Waals surface area contributed by atoms with E-state index < -0.39 is 0 Å². The molecule has 0 rings (SSSR count). The van der Waals surface area contributed by atoms with Gasteiger partial charge in [-0.25, -0.2) is 0 Å². The lowest BCUT2D eigenvalue weighted by Gasteiger charge is -1.97. The molecule has 2 nitrogen and oxygen atoms in total. The van der Waals surface area contributed by atoms with Crippen molar-refractivity contribution in [2.24, 2.45) is 0 Å². The van der Waals surface area contributed by atoms with Crippen LogP contribution in [0.4, 0.5) is 0 Å². The zero-order chi connectivity index (χ0) is 6.41. The van der Waals surface area contributed by atoms with Gasteiger partial charge in [-0.2, -0.15) is 9.90 Å². The predicted molar refractivity (Wildman–Crippen MR) is 42.6 cm³/mol. The second-order valence-corrected chi connectivity index (χ2v) is 1.57. The molecule has 0 aliphatic rings. The number of rotatable bonds is 3. The van der Waals surface area contributed by atoms with Crippen LogP contribution in [0.3, 0.4) is 0 Å². The van der Waals surface area contributed by atoms with Gasteiger partial charge in [0.05, 0.1) is 6.61 Å². The highest BCUT2D eigenvalue weighted by Gasteiger charge is 1.93. The summed E-state index contributed by atoms with van der Waals surface area (Å²) in [4.78, 5) is 10.3. The molecule has 0 aromatic rings. The third-order valence-corrected chi connectivity index (χ3v) is 0.756. The Morgan fingerprint density at radius 2 is 2.00 bits per heavy atom. The number of ether oxygens (including phenoxy) is 1. The molecule has 0 N–H and O–H groups in total. The van der Waals surface area contributed by atoms with Crippen LogP contribution in [-0.4, -0.2) is 12.6 Å². The summed E-state index contributed by atoms with van der Waals surface area (Å²) < 4.78 is 4.70. The molecule has 0 aromatic heterocycles. The van der Waals surface area contributed by atoms with Crippen molar-refractivity contribution in [1.29, 1.82) is 0 Å². The minimum Gasteiger partial charge on any atom is -0.466 e. The average molecular weight is 150 g/mol. The molecule has 0 saturated carbocycles. The smallest absolute Gasteiger partial charge is 0.305 e. The van der Waals surface area contributed by atoms with Crippen molar-refractivity contribution in [2.45, 2.75) is 26.7 Å². The zero-order valence-electron chi connectivity index (χ0n) is 6.14. The summed E-state index contributed by atoms with van der Waals surface area (Å²) in [7, 11) is 0. The Hall–Kier alpha value is -0.100. The van der Waals surface area contributed by atoms with Crippen molar-refractivity contribution < 1.29 is 9.53 Å². The van der Waals surface area contributed by atoms with E-state index in [1.165, 1.54) is 0 Å². The van der Waals surface area contributed by atoms with Crippen LogP contribution in [0.25, 0.3) is 0 Å². The van der Waals surface area contributed by atoms with E-state index in [0.717, 1.165) is 6.42 Å². The highest BCUT2D eigenvalue weighted by molar-refractivity contribution is 6.92. The maximum atomic E-state index is 10.3. The molecule has 0 fully saturated rings. The van der Waals surface area contributed by atoms with E-state index in [-0.39, 0.29) is 15.9 Å². The highest BCUT2D eigenvalue weighted by atomic mass is 31.0. The highest BCUT2D eigenvalue weighted by Crippen LogP contribution is 1.85. The van der Waals surface area contributed by atoms with Gasteiger partial charge in [-0.3, -0.25) is 4.79 Å². The fraction of sp³-hybridized carbons (Fsp3) is 0.833. The first kappa shape index (κ1) is 11.7. The van der Waals surface area contributed by atoms with Crippen LogP contribution >= 0.6 is 9.90 Å². The number of hydrogen-bond acceptors (Lipinski definition) is 2. The lowest BCUT2D eigenvalue weighted by molar-refractivity contribution is -0.143. The van der Waals surface area contributed by atoms with Crippen molar-refractivity contribution in [2.75, 3.05) is 6.61 Å². The zero-order valence-corrected chi connectivity index (χ0v) is 7.56. The lowest BCUT2D eigenvalue weighted by Crippen LogP contribution is -2.02. The van der Waals surface area contributed by atoms with E-state index in [9.17, 15) is 4.79 Å². The van der Waals surface area contributed by atoms with Gasteiger partial charge in [-0.15, -0.1) is 0 Å². The maximum Gasteiger partial charge on any atom is 0.305 e. The van der Waals surface area contributed by atoms with Gasteiger partial charge in [-0.1, -0.05) is 13.8 Å². The van der Waals surface area contributed by atoms with Gasteiger partial charge in [-0.05, 0) is 6.42 Å². The van der Waals surface area contributed by atoms with Crippen LogP contribution in [0, 0.1) is 0 Å². The standard InChI is InChI=1S/C6H12O2.H3P/c1-3-5-8-6(7)4-2;/h3-5H2,1-2H3;1H3. The molecule has 0 aliphatic carbocycles. The summed E-state index contributed by atoms with van der Waals surface area (Å²) in [6, 6.07) is 0. The maximum absolute atomic E-state index is 10.3. The topological polar surface area (TPSA) is 26.3 Å². The molecule has 0 saturated heterocycles. The second kappa shape index (κ2) is 7.90. The van der Waals surface area contributed by atoms with E-state index >= 15 is 0 Å². The molecule has 0 amide bonds. The Kier molecular flexibility index (Phi) is 10.2. The third kappa shape index (κ3) is 7.90. The second-order valence-electron chi connectivity index (χ2n) is 1.57. The van der Waals surface area contributed by atoms with Gasteiger partial charge in [0.1, 0.15) is 0 Å². The van der Waals surface area contributed by atoms with Gasteiger partial charge < -0.3 is 4.74 Å². The Morgan fingerprint density at radius 1 is 1.44 bits per heavy atom. The SMILES string of the molecule is CCCOC(=O)CC.P. The molecule has 56 valence electrons. The predicted octanol–water partition coefficient (Wildman–Crippen LogP) is 1.41. The third-order valence-electron chi connectivity index (χ3n) is 0.756. The molecule has 3 heteroatoms. The van der Waals surface area contributed by atoms with Gasteiger partial charge in [0, 0.05) is 6.42 Å². The Morgan fingerprint density at radius 3 is 2.33 bits per heavy atom. The van der Waals surface area contributed by atoms with Crippen molar-refractivity contribution in [1.82, 2.24) is 0 Å². The quantitative estimate of drug-likeness (QED) is 0.449. The number of carbonyl (C=O) groups is 1. The summed E-state index contributed by atoms with van der Waals surface area (Å²) in [5.41, 5.74) is 0. The fourth-order valence-corrected chi connectivity index (χ4v) is 0.318. The van der Waals surface area contributed by atoms with Crippen LogP contribution in [-0.2, 0) is 9.53 Å². The van der Waals surface area contributed by atoms with Gasteiger partial charge in [0.15, 0.2) is 0 Å². The summed E-state index contributed by atoms with van der Waals surface area (Å²) in [5.74, 6) is -0.105. The molecule has 0 spiro atoms. The first-order valence-corrected chi connectivity index (χ1v) is 2.96. The van der Waals surface area contributed by atoms with Crippen LogP contribution in [0.1, 0.15) is 26.7 Å². The molecule has 1 atom stereocenters. The van der Waals surface area contributed by atoms with Crippen LogP contribution in [0.5, 0.6) is 0 Å². The Bertz CT molecular complexity index is 73.5. The molecule has 9 heavy (non-hydrogen) atoms. The Labute approximate surface area is 59.6 Å². The van der Waals surface area contributed by atoms with Gasteiger partial charge in [0.25, 0.3) is 0 Å². The van der Waals surface area contributed by atoms with Crippen molar-refractivity contribution in [3.63, 3.8) is 0 Å². The van der Waals surface area contributed by atoms with E-state index in [4.69, 9.17) is 4.74 Å². The van der Waals surface area contributed by atoms with Gasteiger partial charge in [0.2, 0.25) is 0 Å². The minimum atomic E-state index is -0.105. The average Bonchev–Trinajstić information content (AvgIpc) is 1.83. The minimum absolute atomic E-state index is 0. The molecular formula is C6H15O2P. The lowest BCUT2D eigenvalue weighted by atomic mass is 10.5. The monoisotopic (exact) mass is 150 g/mol. The van der Waals surface area contributed by atoms with Crippen LogP contribution < -0.4 is 0 Å². The molecular weight excluding hydrogens is 135 g/mol. The molecule has 0 heterocycles. The fourth-order valence-electron chi connectivity index (χ4n) is 0.318. The molecule has 0 aliphatic heterocycles. The summed E-state index contributed by atoms with van der Waals surface area (Å²) >= 11 is 0. The number of carbonyl (C=O) groups excluding carboxylic acids is 1. The largest absolute Gasteiger partial charge is 0.466 e. The van der Waals surface area contributed by atoms with E-state index in [1.54, 1.807) is 6.92 Å². The molecule has 1 unspecified atom stereocenters. The molecule has 0 radical (unpaired) electrons. The van der Waals surface area contributed by atoms with Crippen molar-refractivity contribution in [3.8, 4) is 0 Å². The van der Waals surface area contributed by atoms with Crippen molar-refractivity contribution >= 4 is 15.9 Å². The van der Waals surface area contributed by atoms with Gasteiger partial charge >= 0.3 is 5.97 Å². The summed E-state index contributed by atoms with van der Waals surface area (Å²) in [6.07, 6.45) is 1.39. The summed E-state index contributed by atoms with van der Waals surface area (Å²) in [6.45, 7) is 4.33. The normalized spacial score (nSPS) is 7.78. The van der Waals surface area contributed by atoms with E-state index in [0.29, 0.717) is 13.0 Å². The first-order valence-electron chi connectivity index (χ1n) is 2.96. The molecule has 0 aromatic carbocycles.